The van der Waals surface area contributed by atoms with E-state index in [4.69, 9.17) is 5.26 Å². The number of aromatic nitrogens is 1. The van der Waals surface area contributed by atoms with Gasteiger partial charge >= 0.3 is 0 Å². The van der Waals surface area contributed by atoms with E-state index in [1.807, 2.05) is 6.07 Å². The summed E-state index contributed by atoms with van der Waals surface area (Å²) < 4.78 is 1.25. The van der Waals surface area contributed by atoms with Crippen molar-refractivity contribution in [1.29, 1.82) is 5.26 Å². The first kappa shape index (κ1) is 11.6. The molecule has 2 heterocycles. The van der Waals surface area contributed by atoms with Crippen molar-refractivity contribution in [1.82, 2.24) is 4.98 Å². The molecule has 0 unspecified atom stereocenters. The van der Waals surface area contributed by atoms with Crippen LogP contribution in [0.5, 0.6) is 0 Å². The van der Waals surface area contributed by atoms with Gasteiger partial charge in [-0.3, -0.25) is 0 Å². The number of piperidine rings is 1. The third-order valence-electron chi connectivity index (χ3n) is 3.03. The fraction of sp³-hybridized carbons (Fsp3) is 0.500. The molecule has 2 rings (SSSR count). The zero-order valence-electron chi connectivity index (χ0n) is 9.06. The van der Waals surface area contributed by atoms with Gasteiger partial charge in [-0.2, -0.15) is 5.26 Å². The lowest BCUT2D eigenvalue weighted by Gasteiger charge is -2.32. The van der Waals surface area contributed by atoms with Gasteiger partial charge in [0.25, 0.3) is 0 Å². The van der Waals surface area contributed by atoms with Gasteiger partial charge in [-0.15, -0.1) is 0 Å². The zero-order valence-corrected chi connectivity index (χ0v) is 11.2. The highest BCUT2D eigenvalue weighted by Gasteiger charge is 2.19. The molecule has 1 fully saturated rings. The van der Waals surface area contributed by atoms with E-state index in [1.165, 1.54) is 17.3 Å². The molecule has 0 aliphatic carbocycles. The highest BCUT2D eigenvalue weighted by molar-refractivity contribution is 14.1. The van der Waals surface area contributed by atoms with Crippen molar-refractivity contribution in [3.63, 3.8) is 0 Å². The van der Waals surface area contributed by atoms with Gasteiger partial charge in [0, 0.05) is 23.7 Å². The maximum absolute atomic E-state index is 8.84. The van der Waals surface area contributed by atoms with Crippen LogP contribution in [0.25, 0.3) is 0 Å². The first-order valence-corrected chi connectivity index (χ1v) is 7.03. The molecular weight excluding hydrogens is 313 g/mol. The highest BCUT2D eigenvalue weighted by atomic mass is 127. The Labute approximate surface area is 110 Å². The highest BCUT2D eigenvalue weighted by Crippen LogP contribution is 2.23. The van der Waals surface area contributed by atoms with Gasteiger partial charge in [-0.25, -0.2) is 4.98 Å². The van der Waals surface area contributed by atoms with Crippen LogP contribution in [0.2, 0.25) is 0 Å². The summed E-state index contributed by atoms with van der Waals surface area (Å²) in [5, 5.41) is 8.84. The van der Waals surface area contributed by atoms with E-state index in [0.717, 1.165) is 24.8 Å². The normalized spacial score (nSPS) is 17.1. The van der Waals surface area contributed by atoms with Crippen molar-refractivity contribution in [2.45, 2.75) is 12.8 Å². The molecule has 0 aromatic carbocycles. The topological polar surface area (TPSA) is 39.9 Å². The van der Waals surface area contributed by atoms with Crippen LogP contribution in [0.3, 0.4) is 0 Å². The Hall–Kier alpha value is -0.830. The van der Waals surface area contributed by atoms with Gasteiger partial charge in [0.15, 0.2) is 0 Å². The molecule has 0 bridgehead atoms. The zero-order chi connectivity index (χ0) is 11.4. The summed E-state index contributed by atoms with van der Waals surface area (Å²) in [4.78, 5) is 6.62. The Morgan fingerprint density at radius 2 is 2.25 bits per heavy atom. The van der Waals surface area contributed by atoms with Crippen LogP contribution in [0.15, 0.2) is 18.3 Å². The third-order valence-corrected chi connectivity index (χ3v) is 4.28. The van der Waals surface area contributed by atoms with E-state index in [2.05, 4.69) is 38.5 Å². The molecule has 1 aromatic heterocycles. The molecule has 3 nitrogen and oxygen atoms in total. The molecule has 1 aliphatic heterocycles. The smallest absolute Gasteiger partial charge is 0.129 e. The average Bonchev–Trinajstić information content (AvgIpc) is 2.39. The molecule has 0 saturated carbocycles. The summed E-state index contributed by atoms with van der Waals surface area (Å²) in [6.45, 7) is 2.13. The molecule has 0 atom stereocenters. The minimum Gasteiger partial charge on any atom is -0.357 e. The monoisotopic (exact) mass is 327 g/mol. The predicted molar refractivity (Wildman–Crippen MR) is 72.8 cm³/mol. The minimum atomic E-state index is 0.695. The van der Waals surface area contributed by atoms with Gasteiger partial charge in [0.2, 0.25) is 0 Å². The van der Waals surface area contributed by atoms with Crippen LogP contribution < -0.4 is 4.90 Å². The second kappa shape index (κ2) is 5.48. The second-order valence-electron chi connectivity index (χ2n) is 4.10. The number of nitriles is 1. The van der Waals surface area contributed by atoms with Crippen LogP contribution in [0, 0.1) is 17.2 Å². The third kappa shape index (κ3) is 2.64. The molecular formula is C12H14IN3. The van der Waals surface area contributed by atoms with Crippen LogP contribution in [0.4, 0.5) is 5.82 Å². The van der Waals surface area contributed by atoms with Crippen LogP contribution >= 0.6 is 22.6 Å². The standard InChI is InChI=1S/C12H14IN3/c13-8-10-2-5-16(6-3-10)12-7-11(9-14)1-4-15-12/h1,4,7,10H,2-3,5-6,8H2. The van der Waals surface area contributed by atoms with Gasteiger partial charge in [0.05, 0.1) is 11.6 Å². The van der Waals surface area contributed by atoms with E-state index < -0.39 is 0 Å². The van der Waals surface area contributed by atoms with E-state index in [0.29, 0.717) is 5.56 Å². The fourth-order valence-electron chi connectivity index (χ4n) is 1.98. The number of hydrogen-bond donors (Lipinski definition) is 0. The number of nitrogens with zero attached hydrogens (tertiary/aromatic N) is 3. The Morgan fingerprint density at radius 1 is 1.50 bits per heavy atom. The summed E-state index contributed by atoms with van der Waals surface area (Å²) in [5.41, 5.74) is 0.695. The minimum absolute atomic E-state index is 0.695. The van der Waals surface area contributed by atoms with Crippen LogP contribution in [-0.2, 0) is 0 Å². The molecule has 0 spiro atoms. The van der Waals surface area contributed by atoms with E-state index in [9.17, 15) is 0 Å². The summed E-state index contributed by atoms with van der Waals surface area (Å²) in [6, 6.07) is 5.79. The molecule has 16 heavy (non-hydrogen) atoms. The maximum atomic E-state index is 8.84. The summed E-state index contributed by atoms with van der Waals surface area (Å²) in [5.74, 6) is 1.81. The lowest BCUT2D eigenvalue weighted by atomic mass is 9.99. The number of hydrogen-bond acceptors (Lipinski definition) is 3. The fourth-order valence-corrected chi connectivity index (χ4v) is 2.86. The Balaban J connectivity index is 2.05. The number of alkyl halides is 1. The first-order chi connectivity index (χ1) is 7.83. The van der Waals surface area contributed by atoms with Gasteiger partial charge in [-0.1, -0.05) is 22.6 Å². The van der Waals surface area contributed by atoms with Crippen molar-refractivity contribution in [2.75, 3.05) is 22.4 Å². The van der Waals surface area contributed by atoms with Crippen molar-refractivity contribution >= 4 is 28.4 Å². The number of pyridine rings is 1. The van der Waals surface area contributed by atoms with E-state index in [-0.39, 0.29) is 0 Å². The molecule has 0 radical (unpaired) electrons. The number of rotatable bonds is 2. The number of halogens is 1. The van der Waals surface area contributed by atoms with E-state index >= 15 is 0 Å². The van der Waals surface area contributed by atoms with Gasteiger partial charge < -0.3 is 4.90 Å². The van der Waals surface area contributed by atoms with Crippen LogP contribution in [-0.4, -0.2) is 22.5 Å². The SMILES string of the molecule is N#Cc1ccnc(N2CCC(CI)CC2)c1. The largest absolute Gasteiger partial charge is 0.357 e. The van der Waals surface area contributed by atoms with Crippen LogP contribution in [0.1, 0.15) is 18.4 Å². The van der Waals surface area contributed by atoms with E-state index in [1.54, 1.807) is 12.3 Å². The second-order valence-corrected chi connectivity index (χ2v) is 4.98. The average molecular weight is 327 g/mol. The summed E-state index contributed by atoms with van der Waals surface area (Å²) in [6.07, 6.45) is 4.20. The van der Waals surface area contributed by atoms with Crippen molar-refractivity contribution < 1.29 is 0 Å². The van der Waals surface area contributed by atoms with Crippen molar-refractivity contribution in [3.8, 4) is 6.07 Å². The Bertz CT molecular complexity index is 391. The first-order valence-electron chi connectivity index (χ1n) is 5.50. The molecule has 1 aliphatic rings. The molecule has 0 N–H and O–H groups in total. The molecule has 84 valence electrons. The van der Waals surface area contributed by atoms with Gasteiger partial charge in [-0.05, 0) is 30.9 Å². The summed E-state index contributed by atoms with van der Waals surface area (Å²) >= 11 is 2.46. The van der Waals surface area contributed by atoms with Crippen molar-refractivity contribution in [3.05, 3.63) is 23.9 Å². The van der Waals surface area contributed by atoms with Crippen molar-refractivity contribution in [2.24, 2.45) is 5.92 Å². The predicted octanol–water partition coefficient (Wildman–Crippen LogP) is 2.60. The molecule has 1 aromatic rings. The lowest BCUT2D eigenvalue weighted by molar-refractivity contribution is 0.448. The number of anilines is 1. The molecule has 1 saturated heterocycles. The van der Waals surface area contributed by atoms with Gasteiger partial charge in [0.1, 0.15) is 5.82 Å². The summed E-state index contributed by atoms with van der Waals surface area (Å²) in [7, 11) is 0. The Morgan fingerprint density at radius 3 is 2.88 bits per heavy atom. The maximum Gasteiger partial charge on any atom is 0.129 e. The quantitative estimate of drug-likeness (QED) is 0.619. The molecule has 0 amide bonds. The lowest BCUT2D eigenvalue weighted by Crippen LogP contribution is -2.34. The molecule has 4 heteroatoms. The Kier molecular flexibility index (Phi) is 3.99.